The standard InChI is InChI=1S/C16H19N2/c17-18-15-3-1-14(2-4-15)16-8-11-5-12(9-16)7-13(6-11)10-16/h1-4,11-13H,5-10H2/q+1. The molecule has 1 aromatic carbocycles. The quantitative estimate of drug-likeness (QED) is 0.656. The van der Waals surface area contributed by atoms with Crippen LogP contribution in [0.5, 0.6) is 0 Å². The van der Waals surface area contributed by atoms with Crippen molar-refractivity contribution in [3.63, 3.8) is 0 Å². The first-order valence-corrected chi connectivity index (χ1v) is 7.23. The molecule has 4 saturated carbocycles. The summed E-state index contributed by atoms with van der Waals surface area (Å²) >= 11 is 0. The smallest absolute Gasteiger partial charge is 0.0504 e. The molecule has 0 heterocycles. The molecule has 4 aliphatic rings. The summed E-state index contributed by atoms with van der Waals surface area (Å²) in [5.41, 5.74) is 2.63. The van der Waals surface area contributed by atoms with Crippen LogP contribution in [0.3, 0.4) is 0 Å². The normalized spacial score (nSPS) is 40.7. The SMILES string of the molecule is N#[N+]c1ccc(C23CC4CC(CC(C4)C2)C3)cc1. The van der Waals surface area contributed by atoms with Crippen molar-refractivity contribution in [2.45, 2.75) is 43.9 Å². The van der Waals surface area contributed by atoms with Crippen LogP contribution in [-0.4, -0.2) is 0 Å². The average molecular weight is 239 g/mol. The topological polar surface area (TPSA) is 28.1 Å². The van der Waals surface area contributed by atoms with E-state index in [1.165, 1.54) is 44.1 Å². The molecule has 2 nitrogen and oxygen atoms in total. The molecule has 2 heteroatoms. The molecule has 4 bridgehead atoms. The molecule has 18 heavy (non-hydrogen) atoms. The van der Waals surface area contributed by atoms with E-state index in [2.05, 4.69) is 17.1 Å². The van der Waals surface area contributed by atoms with Crippen molar-refractivity contribution in [2.24, 2.45) is 17.8 Å². The summed E-state index contributed by atoms with van der Waals surface area (Å²) in [5.74, 6) is 2.95. The minimum Gasteiger partial charge on any atom is -0.0504 e. The molecular weight excluding hydrogens is 220 g/mol. The second kappa shape index (κ2) is 3.57. The summed E-state index contributed by atoms with van der Waals surface area (Å²) in [6.07, 6.45) is 8.66. The van der Waals surface area contributed by atoms with Gasteiger partial charge in [-0.05, 0) is 67.3 Å². The van der Waals surface area contributed by atoms with Crippen LogP contribution in [0.4, 0.5) is 5.69 Å². The lowest BCUT2D eigenvalue weighted by Gasteiger charge is -2.57. The predicted octanol–water partition coefficient (Wildman–Crippen LogP) is 4.64. The van der Waals surface area contributed by atoms with Crippen LogP contribution in [0.2, 0.25) is 0 Å². The Morgan fingerprint density at radius 2 is 1.39 bits per heavy atom. The van der Waals surface area contributed by atoms with Crippen molar-refractivity contribution in [1.29, 1.82) is 5.39 Å². The minimum atomic E-state index is 0.461. The Labute approximate surface area is 108 Å². The Hall–Kier alpha value is -1.36. The molecule has 0 aliphatic heterocycles. The van der Waals surface area contributed by atoms with E-state index in [-0.39, 0.29) is 0 Å². The molecule has 0 N–H and O–H groups in total. The third-order valence-corrected chi connectivity index (χ3v) is 5.63. The third-order valence-electron chi connectivity index (χ3n) is 5.63. The Balaban J connectivity index is 1.72. The summed E-state index contributed by atoms with van der Waals surface area (Å²) in [6, 6.07) is 8.30. The van der Waals surface area contributed by atoms with E-state index in [4.69, 9.17) is 5.39 Å². The molecule has 0 amide bonds. The van der Waals surface area contributed by atoms with Crippen LogP contribution in [0, 0.1) is 23.1 Å². The highest BCUT2D eigenvalue weighted by molar-refractivity contribution is 5.46. The maximum atomic E-state index is 8.79. The number of hydrogen-bond acceptors (Lipinski definition) is 1. The average Bonchev–Trinajstić information content (AvgIpc) is 2.37. The summed E-state index contributed by atoms with van der Waals surface area (Å²) in [6.45, 7) is 0. The van der Waals surface area contributed by atoms with Crippen LogP contribution in [-0.2, 0) is 5.41 Å². The van der Waals surface area contributed by atoms with Gasteiger partial charge in [-0.1, -0.05) is 12.1 Å². The van der Waals surface area contributed by atoms with Crippen LogP contribution < -0.4 is 0 Å². The Bertz CT molecular complexity index is 474. The molecule has 0 aromatic heterocycles. The molecule has 1 aromatic rings. The fourth-order valence-corrected chi connectivity index (χ4v) is 5.35. The summed E-state index contributed by atoms with van der Waals surface area (Å²) in [7, 11) is 0. The molecule has 92 valence electrons. The number of nitrogens with zero attached hydrogens (tertiary/aromatic N) is 2. The molecule has 5 rings (SSSR count). The largest absolute Gasteiger partial charge is 0.385 e. The molecular formula is C16H19N2+. The number of hydrogen-bond donors (Lipinski definition) is 0. The van der Waals surface area contributed by atoms with E-state index < -0.39 is 0 Å². The van der Waals surface area contributed by atoms with E-state index in [1.807, 2.05) is 12.1 Å². The molecule has 0 unspecified atom stereocenters. The van der Waals surface area contributed by atoms with Crippen molar-refractivity contribution >= 4 is 5.69 Å². The van der Waals surface area contributed by atoms with Gasteiger partial charge in [-0.3, -0.25) is 0 Å². The van der Waals surface area contributed by atoms with Gasteiger partial charge in [0.1, 0.15) is 0 Å². The Morgan fingerprint density at radius 3 is 1.83 bits per heavy atom. The monoisotopic (exact) mass is 239 g/mol. The fraction of sp³-hybridized carbons (Fsp3) is 0.625. The second-order valence-corrected chi connectivity index (χ2v) is 6.84. The van der Waals surface area contributed by atoms with E-state index >= 15 is 0 Å². The van der Waals surface area contributed by atoms with E-state index in [0.29, 0.717) is 11.1 Å². The van der Waals surface area contributed by atoms with Gasteiger partial charge in [0.05, 0.1) is 0 Å². The van der Waals surface area contributed by atoms with Gasteiger partial charge in [-0.15, -0.1) is 0 Å². The van der Waals surface area contributed by atoms with Crippen LogP contribution in [0.1, 0.15) is 44.1 Å². The van der Waals surface area contributed by atoms with Gasteiger partial charge in [-0.25, -0.2) is 0 Å². The molecule has 4 fully saturated rings. The lowest BCUT2D eigenvalue weighted by molar-refractivity contribution is -0.00517. The number of rotatable bonds is 1. The van der Waals surface area contributed by atoms with Crippen LogP contribution >= 0.6 is 0 Å². The van der Waals surface area contributed by atoms with Gasteiger partial charge in [0.25, 0.3) is 0 Å². The summed E-state index contributed by atoms with van der Waals surface area (Å²) in [4.78, 5) is 3.26. The van der Waals surface area contributed by atoms with Crippen molar-refractivity contribution < 1.29 is 0 Å². The first-order valence-electron chi connectivity index (χ1n) is 7.23. The summed E-state index contributed by atoms with van der Waals surface area (Å²) < 4.78 is 0. The molecule has 0 atom stereocenters. The highest BCUT2D eigenvalue weighted by Gasteiger charge is 2.51. The number of diazo groups is 1. The van der Waals surface area contributed by atoms with Gasteiger partial charge < -0.3 is 0 Å². The van der Waals surface area contributed by atoms with Crippen molar-refractivity contribution in [3.05, 3.63) is 34.8 Å². The van der Waals surface area contributed by atoms with Gasteiger partial charge in [0.15, 0.2) is 4.98 Å². The van der Waals surface area contributed by atoms with Crippen molar-refractivity contribution in [3.8, 4) is 0 Å². The Kier molecular flexibility index (Phi) is 2.09. The molecule has 4 aliphatic carbocycles. The highest BCUT2D eigenvalue weighted by Crippen LogP contribution is 2.60. The Morgan fingerprint density at radius 1 is 0.889 bits per heavy atom. The van der Waals surface area contributed by atoms with E-state index in [9.17, 15) is 0 Å². The zero-order valence-corrected chi connectivity index (χ0v) is 10.7. The highest BCUT2D eigenvalue weighted by atomic mass is 14.8. The minimum absolute atomic E-state index is 0.461. The first kappa shape index (κ1) is 10.6. The molecule has 0 spiro atoms. The lowest BCUT2D eigenvalue weighted by atomic mass is 9.48. The van der Waals surface area contributed by atoms with Crippen LogP contribution in [0.15, 0.2) is 24.3 Å². The van der Waals surface area contributed by atoms with Crippen molar-refractivity contribution in [1.82, 2.24) is 0 Å². The lowest BCUT2D eigenvalue weighted by Crippen LogP contribution is -2.48. The maximum absolute atomic E-state index is 8.79. The predicted molar refractivity (Wildman–Crippen MR) is 71.0 cm³/mol. The maximum Gasteiger partial charge on any atom is 0.385 e. The molecule has 0 radical (unpaired) electrons. The van der Waals surface area contributed by atoms with E-state index in [0.717, 1.165) is 17.8 Å². The molecule has 0 saturated heterocycles. The fourth-order valence-electron chi connectivity index (χ4n) is 5.35. The van der Waals surface area contributed by atoms with Gasteiger partial charge >= 0.3 is 5.69 Å². The van der Waals surface area contributed by atoms with Crippen LogP contribution in [0.25, 0.3) is 4.98 Å². The summed E-state index contributed by atoms with van der Waals surface area (Å²) in [5, 5.41) is 8.79. The van der Waals surface area contributed by atoms with Gasteiger partial charge in [0, 0.05) is 12.1 Å². The number of benzene rings is 1. The van der Waals surface area contributed by atoms with Gasteiger partial charge in [0.2, 0.25) is 5.39 Å². The second-order valence-electron chi connectivity index (χ2n) is 6.84. The zero-order chi connectivity index (χ0) is 12.2. The first-order chi connectivity index (χ1) is 8.77. The van der Waals surface area contributed by atoms with Crippen molar-refractivity contribution in [2.75, 3.05) is 0 Å². The van der Waals surface area contributed by atoms with Gasteiger partial charge in [-0.2, -0.15) is 0 Å². The van der Waals surface area contributed by atoms with E-state index in [1.54, 1.807) is 0 Å². The third kappa shape index (κ3) is 1.43. The zero-order valence-electron chi connectivity index (χ0n) is 10.7.